The van der Waals surface area contributed by atoms with Crippen LogP contribution in [0.2, 0.25) is 0 Å². The summed E-state index contributed by atoms with van der Waals surface area (Å²) in [6.07, 6.45) is 5.90. The third kappa shape index (κ3) is 6.33. The molecule has 281 valence electrons. The molecular weight excluding hydrogens is 873 g/mol. The molecule has 2 aliphatic rings. The number of fused-ring (bicyclic) bond motifs is 2. The fraction of sp³-hybridized carbons (Fsp3) is 0.348. The van der Waals surface area contributed by atoms with Gasteiger partial charge >= 0.3 is 334 Å². The fourth-order valence-electron chi connectivity index (χ4n) is 9.26. The van der Waals surface area contributed by atoms with Gasteiger partial charge < -0.3 is 0 Å². The Balaban J connectivity index is 1.74. The molecular formula is C46H54BCl2HfN2O2. The van der Waals surface area contributed by atoms with Crippen molar-refractivity contribution in [3.63, 3.8) is 0 Å². The fourth-order valence-corrected chi connectivity index (χ4v) is 39.4. The molecule has 0 fully saturated rings. The Morgan fingerprint density at radius 2 is 0.926 bits per heavy atom. The Morgan fingerprint density at radius 3 is 1.26 bits per heavy atom. The molecule has 4 aromatic carbocycles. The van der Waals surface area contributed by atoms with E-state index in [2.05, 4.69) is 166 Å². The summed E-state index contributed by atoms with van der Waals surface area (Å²) >= 11 is -6.20. The third-order valence-corrected chi connectivity index (χ3v) is 40.9. The summed E-state index contributed by atoms with van der Waals surface area (Å²) in [6, 6.07) is 21.7. The normalized spacial score (nSPS) is 17.5. The molecule has 4 aromatic rings. The number of amides is 2. The monoisotopic (exact) mass is 927 g/mol. The van der Waals surface area contributed by atoms with Crippen LogP contribution in [0.5, 0.6) is 0 Å². The van der Waals surface area contributed by atoms with Crippen molar-refractivity contribution < 1.29 is 25.5 Å². The van der Waals surface area contributed by atoms with Crippen LogP contribution in [0, 0.1) is 52.4 Å². The second kappa shape index (κ2) is 14.1. The van der Waals surface area contributed by atoms with E-state index >= 15 is 0 Å². The van der Waals surface area contributed by atoms with Crippen LogP contribution in [0.15, 0.2) is 71.8 Å². The first-order valence-corrected chi connectivity index (χ1v) is 34.1. The van der Waals surface area contributed by atoms with Crippen molar-refractivity contribution in [1.29, 1.82) is 0 Å². The van der Waals surface area contributed by atoms with Gasteiger partial charge in [-0.05, 0) is 0 Å². The van der Waals surface area contributed by atoms with Crippen molar-refractivity contribution in [1.82, 2.24) is 10.5 Å². The van der Waals surface area contributed by atoms with E-state index < -0.39 is 27.8 Å². The Labute approximate surface area is 331 Å². The molecule has 2 aliphatic carbocycles. The zero-order valence-electron chi connectivity index (χ0n) is 33.9. The SMILES string of the molecule is Cc1ccc(-c2cccc3c2C=C(C(C)(C)C)[CH]3[Hf]([Cl])([Cl])([B](NC=O)NC=O)[CH]2C(C(C)(C)C)=Cc3c(-c4ccc(C)c(C)c4C)cccc32)c(C)c1C. The van der Waals surface area contributed by atoms with Crippen molar-refractivity contribution in [3.8, 4) is 22.3 Å². The summed E-state index contributed by atoms with van der Waals surface area (Å²) in [4.78, 5) is 25.3. The van der Waals surface area contributed by atoms with Crippen LogP contribution in [0.4, 0.5) is 0 Å². The van der Waals surface area contributed by atoms with Crippen molar-refractivity contribution in [3.05, 3.63) is 127 Å². The van der Waals surface area contributed by atoms with Gasteiger partial charge in [-0.2, -0.15) is 0 Å². The average molecular weight is 927 g/mol. The molecule has 0 spiro atoms. The predicted molar refractivity (Wildman–Crippen MR) is 228 cm³/mol. The standard InChI is InChI=1S/2C22H25.C2H3BN2O2.2ClH.Hf/c2*1-14-10-11-19(16(3)15(14)2)20-9-7-8-17-12-18(13-21(17)20)22(4,5)6;6-1-4-3-5-2-7;;;/h2*7-13H,1-6H3;1-2H,(H-,4,5,6,7);2*1H;/q;;;;;+1/p-1. The molecule has 2 N–H and O–H groups in total. The van der Waals surface area contributed by atoms with E-state index in [4.69, 9.17) is 17.2 Å². The Kier molecular flexibility index (Phi) is 10.6. The van der Waals surface area contributed by atoms with E-state index in [0.29, 0.717) is 12.8 Å². The van der Waals surface area contributed by atoms with Crippen LogP contribution in [0.1, 0.15) is 105 Å². The summed E-state index contributed by atoms with van der Waals surface area (Å²) < 4.78 is -1.89. The zero-order valence-corrected chi connectivity index (χ0v) is 39.0. The van der Waals surface area contributed by atoms with E-state index in [-0.39, 0.29) is 10.8 Å². The molecule has 2 atom stereocenters. The number of rotatable bonds is 9. The van der Waals surface area contributed by atoms with Gasteiger partial charge in [-0.1, -0.05) is 0 Å². The first-order valence-electron chi connectivity index (χ1n) is 19.0. The number of carbonyl (C=O) groups is 2. The number of benzene rings is 4. The Bertz CT molecular complexity index is 2120. The summed E-state index contributed by atoms with van der Waals surface area (Å²) in [7, 11) is 17.6. The van der Waals surface area contributed by atoms with Crippen molar-refractivity contribution in [2.24, 2.45) is 10.8 Å². The minimum atomic E-state index is -6.20. The topological polar surface area (TPSA) is 58.2 Å². The van der Waals surface area contributed by atoms with E-state index in [0.717, 1.165) is 44.5 Å². The number of hydrogen-bond acceptors (Lipinski definition) is 2. The number of nitrogens with one attached hydrogen (secondary N) is 2. The summed E-state index contributed by atoms with van der Waals surface area (Å²) in [5.74, 6) is 0. The van der Waals surface area contributed by atoms with Crippen LogP contribution >= 0.6 is 17.2 Å². The van der Waals surface area contributed by atoms with Gasteiger partial charge in [0, 0.05) is 0 Å². The van der Waals surface area contributed by atoms with Crippen molar-refractivity contribution >= 4 is 46.7 Å². The van der Waals surface area contributed by atoms with Crippen LogP contribution in [-0.2, 0) is 25.5 Å². The minimum absolute atomic E-state index is 0.362. The van der Waals surface area contributed by atoms with E-state index in [9.17, 15) is 9.59 Å². The van der Waals surface area contributed by atoms with Crippen molar-refractivity contribution in [2.75, 3.05) is 0 Å². The van der Waals surface area contributed by atoms with Gasteiger partial charge in [-0.25, -0.2) is 0 Å². The molecule has 2 unspecified atom stereocenters. The number of halogens is 2. The number of aryl methyl sites for hydroxylation is 2. The molecule has 0 radical (unpaired) electrons. The Morgan fingerprint density at radius 1 is 0.556 bits per heavy atom. The molecule has 6 rings (SSSR count). The van der Waals surface area contributed by atoms with Gasteiger partial charge in [-0.3, -0.25) is 0 Å². The molecule has 2 amide bonds. The molecule has 0 saturated carbocycles. The van der Waals surface area contributed by atoms with E-state index in [1.165, 1.54) is 44.5 Å². The van der Waals surface area contributed by atoms with Crippen LogP contribution in [-0.4, -0.2) is 17.4 Å². The molecule has 0 bridgehead atoms. The van der Waals surface area contributed by atoms with Crippen LogP contribution in [0.3, 0.4) is 0 Å². The zero-order chi connectivity index (χ0) is 39.7. The molecule has 8 heteroatoms. The van der Waals surface area contributed by atoms with Gasteiger partial charge in [0.15, 0.2) is 0 Å². The van der Waals surface area contributed by atoms with Gasteiger partial charge in [0.25, 0.3) is 0 Å². The average Bonchev–Trinajstić information content (AvgIpc) is 3.72. The molecule has 0 aliphatic heterocycles. The van der Waals surface area contributed by atoms with Gasteiger partial charge in [0.1, 0.15) is 0 Å². The summed E-state index contributed by atoms with van der Waals surface area (Å²) in [5.41, 5.74) is 17.9. The van der Waals surface area contributed by atoms with Crippen molar-refractivity contribution in [2.45, 2.75) is 90.4 Å². The predicted octanol–water partition coefficient (Wildman–Crippen LogP) is 12.0. The van der Waals surface area contributed by atoms with Crippen LogP contribution in [0.25, 0.3) is 34.4 Å². The van der Waals surface area contributed by atoms with Gasteiger partial charge in [0.05, 0.1) is 0 Å². The van der Waals surface area contributed by atoms with Gasteiger partial charge in [0.2, 0.25) is 0 Å². The Hall–Kier alpha value is -3.18. The summed E-state index contributed by atoms with van der Waals surface area (Å²) in [5, 5.41) is 6.04. The molecule has 0 heterocycles. The molecule has 54 heavy (non-hydrogen) atoms. The quantitative estimate of drug-likeness (QED) is 0.130. The maximum atomic E-state index is 12.7. The number of carbonyl (C=O) groups excluding carboxylic acids is 2. The van der Waals surface area contributed by atoms with Crippen LogP contribution < -0.4 is 10.5 Å². The van der Waals surface area contributed by atoms with Gasteiger partial charge in [-0.15, -0.1) is 0 Å². The number of hydrogen-bond donors (Lipinski definition) is 2. The van der Waals surface area contributed by atoms with E-state index in [1.54, 1.807) is 0 Å². The second-order valence-electron chi connectivity index (χ2n) is 17.8. The second-order valence-corrected chi connectivity index (χ2v) is 48.2. The molecule has 0 aromatic heterocycles. The summed E-state index contributed by atoms with van der Waals surface area (Å²) in [6.45, 7) is 26.3. The molecule has 0 saturated heterocycles. The maximum absolute atomic E-state index is 12.7. The molecule has 4 nitrogen and oxygen atoms in total. The first kappa shape index (κ1) is 40.5. The number of allylic oxidation sites excluding steroid dienone is 2. The first-order chi connectivity index (χ1) is 25.2. The third-order valence-electron chi connectivity index (χ3n) is 12.7. The van der Waals surface area contributed by atoms with E-state index in [1.807, 2.05) is 0 Å².